The van der Waals surface area contributed by atoms with Crippen LogP contribution in [0.3, 0.4) is 0 Å². The molecule has 9 nitrogen and oxygen atoms in total. The quantitative estimate of drug-likeness (QED) is 0.386. The zero-order chi connectivity index (χ0) is 26.3. The molecule has 0 saturated heterocycles. The van der Waals surface area contributed by atoms with Gasteiger partial charge in [-0.05, 0) is 41.3 Å². The Morgan fingerprint density at radius 1 is 1.22 bits per heavy atom. The van der Waals surface area contributed by atoms with Crippen LogP contribution in [0, 0.1) is 18.3 Å². The van der Waals surface area contributed by atoms with Crippen LogP contribution >= 0.6 is 0 Å². The Bertz CT molecular complexity index is 1290. The standard InChI is InChI=1S/C27H29FN6O3/c1-20-15-30-31-25(20)13-21-7-9-22(10-8-21)16-33-12-11-27(32-33,18-36-2)26(35)34(37-19-28)17-24-6-4-3-5-23(24)14-29/h3-12,15,32H,13,16-19H2,1-2H3,(H,30,31). The summed E-state index contributed by atoms with van der Waals surface area (Å²) in [4.78, 5) is 18.7. The van der Waals surface area contributed by atoms with Crippen molar-refractivity contribution >= 4 is 5.91 Å². The third kappa shape index (κ3) is 6.03. The van der Waals surface area contributed by atoms with Crippen LogP contribution in [0.2, 0.25) is 0 Å². The van der Waals surface area contributed by atoms with Gasteiger partial charge in [0, 0.05) is 25.4 Å². The zero-order valence-electron chi connectivity index (χ0n) is 20.8. The van der Waals surface area contributed by atoms with Gasteiger partial charge in [-0.2, -0.15) is 10.4 Å². The molecule has 1 amide bonds. The number of amides is 1. The van der Waals surface area contributed by atoms with Gasteiger partial charge in [0.1, 0.15) is 0 Å². The molecule has 2 N–H and O–H groups in total. The van der Waals surface area contributed by atoms with E-state index in [1.165, 1.54) is 7.11 Å². The Kier molecular flexibility index (Phi) is 8.30. The summed E-state index contributed by atoms with van der Waals surface area (Å²) in [6.07, 6.45) is 6.01. The highest BCUT2D eigenvalue weighted by atomic mass is 19.1. The van der Waals surface area contributed by atoms with Crippen molar-refractivity contribution in [2.75, 3.05) is 20.6 Å². The number of hydrogen-bond donors (Lipinski definition) is 2. The second-order valence-electron chi connectivity index (χ2n) is 8.83. The van der Waals surface area contributed by atoms with Gasteiger partial charge in [0.15, 0.2) is 5.54 Å². The van der Waals surface area contributed by atoms with Crippen LogP contribution in [0.5, 0.6) is 0 Å². The van der Waals surface area contributed by atoms with Crippen molar-refractivity contribution < 1.29 is 18.8 Å². The number of halogens is 1. The number of H-pyrrole nitrogens is 1. The number of hydrazine groups is 1. The van der Waals surface area contributed by atoms with Gasteiger partial charge in [0.2, 0.25) is 6.86 Å². The van der Waals surface area contributed by atoms with Crippen molar-refractivity contribution in [3.8, 4) is 6.07 Å². The number of rotatable bonds is 11. The van der Waals surface area contributed by atoms with Crippen molar-refractivity contribution in [1.82, 2.24) is 25.7 Å². The third-order valence-electron chi connectivity index (χ3n) is 6.21. The molecule has 1 unspecified atom stereocenters. The van der Waals surface area contributed by atoms with E-state index < -0.39 is 18.3 Å². The van der Waals surface area contributed by atoms with Gasteiger partial charge in [-0.25, -0.2) is 19.7 Å². The number of ether oxygens (including phenoxy) is 1. The molecule has 1 aliphatic rings. The van der Waals surface area contributed by atoms with Crippen LogP contribution in [-0.2, 0) is 33.9 Å². The topological polar surface area (TPSA) is 107 Å². The lowest BCUT2D eigenvalue weighted by molar-refractivity contribution is -0.211. The lowest BCUT2D eigenvalue weighted by atomic mass is 10.0. The molecule has 3 aromatic rings. The van der Waals surface area contributed by atoms with E-state index in [4.69, 9.17) is 9.57 Å². The number of nitriles is 1. The first-order chi connectivity index (χ1) is 18.0. The molecule has 0 bridgehead atoms. The summed E-state index contributed by atoms with van der Waals surface area (Å²) in [5.41, 5.74) is 7.20. The van der Waals surface area contributed by atoms with Gasteiger partial charge in [-0.1, -0.05) is 42.5 Å². The van der Waals surface area contributed by atoms with Gasteiger partial charge < -0.3 is 9.75 Å². The van der Waals surface area contributed by atoms with Crippen molar-refractivity contribution in [3.05, 3.63) is 101 Å². The molecule has 0 fully saturated rings. The Balaban J connectivity index is 1.45. The van der Waals surface area contributed by atoms with E-state index >= 15 is 0 Å². The summed E-state index contributed by atoms with van der Waals surface area (Å²) in [6, 6.07) is 17.1. The number of benzene rings is 2. The van der Waals surface area contributed by atoms with Gasteiger partial charge in [-0.15, -0.1) is 0 Å². The predicted octanol–water partition coefficient (Wildman–Crippen LogP) is 3.29. The number of aromatic amines is 1. The summed E-state index contributed by atoms with van der Waals surface area (Å²) in [5, 5.41) is 19.2. The second kappa shape index (κ2) is 11.8. The van der Waals surface area contributed by atoms with Crippen LogP contribution in [0.15, 0.2) is 67.0 Å². The minimum atomic E-state index is -1.30. The fourth-order valence-corrected chi connectivity index (χ4v) is 4.22. The maximum atomic E-state index is 13.6. The van der Waals surface area contributed by atoms with E-state index in [0.29, 0.717) is 17.7 Å². The van der Waals surface area contributed by atoms with Crippen LogP contribution in [-0.4, -0.2) is 52.3 Å². The molecule has 0 saturated carbocycles. The van der Waals surface area contributed by atoms with Gasteiger partial charge in [0.25, 0.3) is 5.91 Å². The molecule has 192 valence electrons. The van der Waals surface area contributed by atoms with Crippen molar-refractivity contribution in [2.45, 2.75) is 32.0 Å². The molecule has 1 aliphatic heterocycles. The molecule has 0 spiro atoms. The Morgan fingerprint density at radius 3 is 2.65 bits per heavy atom. The largest absolute Gasteiger partial charge is 0.382 e. The smallest absolute Gasteiger partial charge is 0.275 e. The highest BCUT2D eigenvalue weighted by Crippen LogP contribution is 2.23. The van der Waals surface area contributed by atoms with E-state index in [1.54, 1.807) is 41.6 Å². The summed E-state index contributed by atoms with van der Waals surface area (Å²) in [7, 11) is 1.48. The van der Waals surface area contributed by atoms with Gasteiger partial charge in [0.05, 0.1) is 37.5 Å². The molecule has 2 aromatic carbocycles. The highest BCUT2D eigenvalue weighted by molar-refractivity contribution is 5.88. The number of methoxy groups -OCH3 is 1. The fraction of sp³-hybridized carbons (Fsp3) is 0.296. The average molecular weight is 505 g/mol. The molecular weight excluding hydrogens is 475 g/mol. The zero-order valence-corrected chi connectivity index (χ0v) is 20.8. The number of hydrogen-bond acceptors (Lipinski definition) is 7. The number of aromatic nitrogens is 2. The van der Waals surface area contributed by atoms with Crippen LogP contribution in [0.4, 0.5) is 4.39 Å². The predicted molar refractivity (Wildman–Crippen MR) is 134 cm³/mol. The Hall–Kier alpha value is -4.04. The van der Waals surface area contributed by atoms with Crippen LogP contribution < -0.4 is 5.43 Å². The maximum absolute atomic E-state index is 13.6. The lowest BCUT2D eigenvalue weighted by Gasteiger charge is -2.33. The van der Waals surface area contributed by atoms with Crippen molar-refractivity contribution in [3.63, 3.8) is 0 Å². The van der Waals surface area contributed by atoms with E-state index in [0.717, 1.165) is 33.9 Å². The van der Waals surface area contributed by atoms with E-state index in [9.17, 15) is 14.4 Å². The number of aryl methyl sites for hydroxylation is 1. The fourth-order valence-electron chi connectivity index (χ4n) is 4.22. The summed E-state index contributed by atoms with van der Waals surface area (Å²) in [5.74, 6) is -0.538. The minimum Gasteiger partial charge on any atom is -0.382 e. The minimum absolute atomic E-state index is 0.00660. The van der Waals surface area contributed by atoms with Crippen LogP contribution in [0.1, 0.15) is 33.5 Å². The molecule has 2 heterocycles. The Morgan fingerprint density at radius 2 is 1.97 bits per heavy atom. The van der Waals surface area contributed by atoms with Gasteiger partial charge >= 0.3 is 0 Å². The number of hydroxylamine groups is 2. The van der Waals surface area contributed by atoms with E-state index in [-0.39, 0.29) is 13.2 Å². The average Bonchev–Trinajstić information content (AvgIpc) is 3.51. The normalized spacial score (nSPS) is 16.6. The number of alkyl halides is 1. The van der Waals surface area contributed by atoms with Crippen LogP contribution in [0.25, 0.3) is 0 Å². The first-order valence-electron chi connectivity index (χ1n) is 11.8. The lowest BCUT2D eigenvalue weighted by Crippen LogP contribution is -2.60. The van der Waals surface area contributed by atoms with Gasteiger partial charge in [-0.3, -0.25) is 9.89 Å². The first-order valence-corrected chi connectivity index (χ1v) is 11.8. The molecule has 1 aromatic heterocycles. The number of nitrogens with one attached hydrogen (secondary N) is 2. The SMILES string of the molecule is COCC1(C(=O)N(Cc2ccccc2C#N)OCF)C=CN(Cc2ccc(Cc3[nH]ncc3C)cc2)N1. The summed E-state index contributed by atoms with van der Waals surface area (Å²) in [6.45, 7) is 1.22. The summed E-state index contributed by atoms with van der Waals surface area (Å²) < 4.78 is 18.6. The third-order valence-corrected chi connectivity index (χ3v) is 6.21. The molecule has 0 radical (unpaired) electrons. The second-order valence-corrected chi connectivity index (χ2v) is 8.83. The maximum Gasteiger partial charge on any atom is 0.275 e. The van der Waals surface area contributed by atoms with Crippen molar-refractivity contribution in [2.24, 2.45) is 0 Å². The molecule has 0 aliphatic carbocycles. The summed E-state index contributed by atoms with van der Waals surface area (Å²) >= 11 is 0. The number of nitrogens with zero attached hydrogens (tertiary/aromatic N) is 4. The number of carbonyl (C=O) groups excluding carboxylic acids is 1. The molecular formula is C27H29FN6O3. The van der Waals surface area contributed by atoms with Crippen molar-refractivity contribution in [1.29, 1.82) is 5.26 Å². The monoisotopic (exact) mass is 504 g/mol. The number of carbonyl (C=O) groups is 1. The molecule has 1 atom stereocenters. The first kappa shape index (κ1) is 26.0. The molecule has 10 heteroatoms. The highest BCUT2D eigenvalue weighted by Gasteiger charge is 2.44. The molecule has 37 heavy (non-hydrogen) atoms. The molecule has 4 rings (SSSR count). The van der Waals surface area contributed by atoms with E-state index in [2.05, 4.69) is 33.8 Å². The Labute approximate surface area is 215 Å². The van der Waals surface area contributed by atoms with E-state index in [1.807, 2.05) is 25.3 Å².